The van der Waals surface area contributed by atoms with Crippen molar-refractivity contribution in [1.29, 1.82) is 5.26 Å². The van der Waals surface area contributed by atoms with E-state index in [1.165, 1.54) is 0 Å². The molecule has 1 atom stereocenters. The predicted octanol–water partition coefficient (Wildman–Crippen LogP) is 2.96. The topological polar surface area (TPSA) is 78.9 Å². The molecule has 0 heterocycles. The molecule has 1 aromatic rings. The zero-order valence-electron chi connectivity index (χ0n) is 12.3. The van der Waals surface area contributed by atoms with Crippen LogP contribution in [0.1, 0.15) is 43.7 Å². The summed E-state index contributed by atoms with van der Waals surface area (Å²) in [6.45, 7) is 4.71. The molecular weight excluding hydrogens is 250 g/mol. The van der Waals surface area contributed by atoms with Gasteiger partial charge < -0.3 is 11.1 Å². The molecule has 0 fully saturated rings. The van der Waals surface area contributed by atoms with Crippen LogP contribution in [0.25, 0.3) is 0 Å². The molecule has 0 bridgehead atoms. The Balaban J connectivity index is 2.56. The van der Waals surface area contributed by atoms with Crippen molar-refractivity contribution in [2.24, 2.45) is 11.7 Å². The van der Waals surface area contributed by atoms with Gasteiger partial charge in [0.25, 0.3) is 0 Å². The number of aryl methyl sites for hydroxylation is 1. The Bertz CT molecular complexity index is 491. The molecule has 4 heteroatoms. The molecule has 20 heavy (non-hydrogen) atoms. The van der Waals surface area contributed by atoms with Crippen molar-refractivity contribution < 1.29 is 4.79 Å². The van der Waals surface area contributed by atoms with Crippen molar-refractivity contribution in [3.63, 3.8) is 0 Å². The van der Waals surface area contributed by atoms with Crippen molar-refractivity contribution in [2.75, 3.05) is 11.9 Å². The number of nitrogens with one attached hydrogen (secondary N) is 1. The minimum Gasteiger partial charge on any atom is -0.330 e. The molecule has 0 saturated carbocycles. The molecule has 0 aliphatic heterocycles. The first-order valence-electron chi connectivity index (χ1n) is 7.11. The number of benzene rings is 1. The minimum absolute atomic E-state index is 0.00124. The second-order valence-corrected chi connectivity index (χ2v) is 5.08. The normalized spacial score (nSPS) is 11.7. The number of anilines is 1. The van der Waals surface area contributed by atoms with Crippen LogP contribution in [0.3, 0.4) is 0 Å². The Labute approximate surface area is 121 Å². The van der Waals surface area contributed by atoms with Crippen molar-refractivity contribution >= 4 is 11.6 Å². The van der Waals surface area contributed by atoms with E-state index in [1.54, 1.807) is 12.1 Å². The summed E-state index contributed by atoms with van der Waals surface area (Å²) in [6.07, 6.45) is 3.37. The van der Waals surface area contributed by atoms with Crippen LogP contribution in [0.5, 0.6) is 0 Å². The molecule has 0 spiro atoms. The summed E-state index contributed by atoms with van der Waals surface area (Å²) < 4.78 is 0. The van der Waals surface area contributed by atoms with E-state index < -0.39 is 0 Å². The number of carbonyl (C=O) groups excluding carboxylic acids is 1. The number of carbonyl (C=O) groups is 1. The maximum atomic E-state index is 12.0. The van der Waals surface area contributed by atoms with Gasteiger partial charge in [-0.05, 0) is 49.9 Å². The third kappa shape index (κ3) is 5.02. The van der Waals surface area contributed by atoms with Gasteiger partial charge in [0.1, 0.15) is 0 Å². The van der Waals surface area contributed by atoms with Gasteiger partial charge in [0.2, 0.25) is 5.91 Å². The molecule has 0 aromatic heterocycles. The Kier molecular flexibility index (Phi) is 6.75. The lowest BCUT2D eigenvalue weighted by Crippen LogP contribution is -2.15. The van der Waals surface area contributed by atoms with Crippen LogP contribution in [0.4, 0.5) is 5.69 Å². The van der Waals surface area contributed by atoms with E-state index >= 15 is 0 Å². The quantitative estimate of drug-likeness (QED) is 0.801. The largest absolute Gasteiger partial charge is 0.330 e. The summed E-state index contributed by atoms with van der Waals surface area (Å²) in [5.41, 5.74) is 7.80. The molecular formula is C16H23N3O. The molecule has 1 amide bonds. The number of amides is 1. The van der Waals surface area contributed by atoms with Crippen LogP contribution < -0.4 is 11.1 Å². The lowest BCUT2D eigenvalue weighted by atomic mass is 9.96. The fourth-order valence-electron chi connectivity index (χ4n) is 2.16. The molecule has 1 unspecified atom stereocenters. The van der Waals surface area contributed by atoms with Gasteiger partial charge >= 0.3 is 0 Å². The molecule has 108 valence electrons. The number of hydrogen-bond donors (Lipinski definition) is 2. The SMILES string of the molecule is CCC(CCN)CCC(=O)Nc1cc(C#N)ccc1C. The number of rotatable bonds is 7. The van der Waals surface area contributed by atoms with E-state index in [4.69, 9.17) is 11.0 Å². The third-order valence-electron chi connectivity index (χ3n) is 3.57. The predicted molar refractivity (Wildman–Crippen MR) is 81.2 cm³/mol. The molecule has 0 saturated heterocycles. The highest BCUT2D eigenvalue weighted by Crippen LogP contribution is 2.19. The summed E-state index contributed by atoms with van der Waals surface area (Å²) >= 11 is 0. The van der Waals surface area contributed by atoms with Gasteiger partial charge in [0.05, 0.1) is 11.6 Å². The van der Waals surface area contributed by atoms with Crippen LogP contribution in [0.15, 0.2) is 18.2 Å². The average molecular weight is 273 g/mol. The van der Waals surface area contributed by atoms with E-state index in [0.29, 0.717) is 24.4 Å². The van der Waals surface area contributed by atoms with Crippen LogP contribution in [-0.2, 0) is 4.79 Å². The van der Waals surface area contributed by atoms with Gasteiger partial charge in [-0.2, -0.15) is 5.26 Å². The van der Waals surface area contributed by atoms with Crippen molar-refractivity contribution in [3.8, 4) is 6.07 Å². The van der Waals surface area contributed by atoms with Gasteiger partial charge in [0, 0.05) is 12.1 Å². The number of nitrogens with two attached hydrogens (primary N) is 1. The molecule has 0 aliphatic carbocycles. The summed E-state index contributed by atoms with van der Waals surface area (Å²) in [5.74, 6) is 0.510. The summed E-state index contributed by atoms with van der Waals surface area (Å²) in [4.78, 5) is 12.0. The van der Waals surface area contributed by atoms with E-state index in [0.717, 1.165) is 30.5 Å². The first-order valence-corrected chi connectivity index (χ1v) is 7.11. The van der Waals surface area contributed by atoms with Gasteiger partial charge in [-0.3, -0.25) is 4.79 Å². The zero-order valence-corrected chi connectivity index (χ0v) is 12.3. The Hall–Kier alpha value is -1.86. The average Bonchev–Trinajstić information content (AvgIpc) is 2.45. The number of hydrogen-bond acceptors (Lipinski definition) is 3. The third-order valence-corrected chi connectivity index (χ3v) is 3.57. The fraction of sp³-hybridized carbons (Fsp3) is 0.500. The maximum absolute atomic E-state index is 12.0. The first-order chi connectivity index (χ1) is 9.60. The van der Waals surface area contributed by atoms with Crippen molar-refractivity contribution in [3.05, 3.63) is 29.3 Å². The van der Waals surface area contributed by atoms with Crippen molar-refractivity contribution in [2.45, 2.75) is 39.5 Å². The Morgan fingerprint density at radius 2 is 2.20 bits per heavy atom. The van der Waals surface area contributed by atoms with Crippen LogP contribution >= 0.6 is 0 Å². The smallest absolute Gasteiger partial charge is 0.224 e. The first kappa shape index (κ1) is 16.2. The van der Waals surface area contributed by atoms with Crippen LogP contribution in [0, 0.1) is 24.2 Å². The van der Waals surface area contributed by atoms with Gasteiger partial charge in [-0.1, -0.05) is 19.4 Å². The van der Waals surface area contributed by atoms with Gasteiger partial charge in [-0.25, -0.2) is 0 Å². The molecule has 0 radical (unpaired) electrons. The molecule has 1 aromatic carbocycles. The number of nitriles is 1. The maximum Gasteiger partial charge on any atom is 0.224 e. The second kappa shape index (κ2) is 8.34. The monoisotopic (exact) mass is 273 g/mol. The van der Waals surface area contributed by atoms with Gasteiger partial charge in [0.15, 0.2) is 0 Å². The zero-order chi connectivity index (χ0) is 15.0. The highest BCUT2D eigenvalue weighted by molar-refractivity contribution is 5.91. The molecule has 3 N–H and O–H groups in total. The van der Waals surface area contributed by atoms with Crippen LogP contribution in [0.2, 0.25) is 0 Å². The summed E-state index contributed by atoms with van der Waals surface area (Å²) in [6, 6.07) is 7.39. The van der Waals surface area contributed by atoms with E-state index in [-0.39, 0.29) is 5.91 Å². The van der Waals surface area contributed by atoms with E-state index in [2.05, 4.69) is 18.3 Å². The van der Waals surface area contributed by atoms with Crippen molar-refractivity contribution in [1.82, 2.24) is 0 Å². The summed E-state index contributed by atoms with van der Waals surface area (Å²) in [5, 5.41) is 11.8. The van der Waals surface area contributed by atoms with E-state index in [9.17, 15) is 4.79 Å². The fourth-order valence-corrected chi connectivity index (χ4v) is 2.16. The molecule has 4 nitrogen and oxygen atoms in total. The van der Waals surface area contributed by atoms with Gasteiger partial charge in [-0.15, -0.1) is 0 Å². The van der Waals surface area contributed by atoms with Crippen LogP contribution in [-0.4, -0.2) is 12.5 Å². The lowest BCUT2D eigenvalue weighted by Gasteiger charge is -2.14. The lowest BCUT2D eigenvalue weighted by molar-refractivity contribution is -0.116. The highest BCUT2D eigenvalue weighted by Gasteiger charge is 2.10. The second-order valence-electron chi connectivity index (χ2n) is 5.08. The highest BCUT2D eigenvalue weighted by atomic mass is 16.1. The van der Waals surface area contributed by atoms with E-state index in [1.807, 2.05) is 13.0 Å². The molecule has 1 rings (SSSR count). The standard InChI is InChI=1S/C16H23N3O/c1-3-13(8-9-17)6-7-16(20)19-15-10-14(11-18)5-4-12(15)2/h4-5,10,13H,3,6-9,17H2,1-2H3,(H,19,20). The number of nitrogens with zero attached hydrogens (tertiary/aromatic N) is 1. The minimum atomic E-state index is -0.00124. The Morgan fingerprint density at radius 1 is 1.45 bits per heavy atom. The Morgan fingerprint density at radius 3 is 2.80 bits per heavy atom. The molecule has 0 aliphatic rings. The summed E-state index contributed by atoms with van der Waals surface area (Å²) in [7, 11) is 0.